The van der Waals surface area contributed by atoms with Gasteiger partial charge in [0.05, 0.1) is 0 Å². The van der Waals surface area contributed by atoms with Crippen molar-refractivity contribution in [1.82, 2.24) is 10.6 Å². The SMILES string of the molecule is CCNC(=O)CCNC1CCC1. The fourth-order valence-electron chi connectivity index (χ4n) is 1.29. The van der Waals surface area contributed by atoms with E-state index in [2.05, 4.69) is 10.6 Å². The summed E-state index contributed by atoms with van der Waals surface area (Å²) < 4.78 is 0. The Kier molecular flexibility index (Phi) is 4.08. The second-order valence-corrected chi connectivity index (χ2v) is 3.29. The Morgan fingerprint density at radius 3 is 2.75 bits per heavy atom. The molecule has 0 aromatic rings. The average molecular weight is 170 g/mol. The lowest BCUT2D eigenvalue weighted by Gasteiger charge is -2.26. The average Bonchev–Trinajstić information content (AvgIpc) is 1.95. The molecule has 0 aromatic carbocycles. The molecular weight excluding hydrogens is 152 g/mol. The van der Waals surface area contributed by atoms with E-state index in [1.165, 1.54) is 19.3 Å². The Labute approximate surface area is 73.9 Å². The fraction of sp³-hybridized carbons (Fsp3) is 0.889. The summed E-state index contributed by atoms with van der Waals surface area (Å²) in [5, 5.41) is 6.12. The lowest BCUT2D eigenvalue weighted by molar-refractivity contribution is -0.120. The third-order valence-electron chi connectivity index (χ3n) is 2.26. The van der Waals surface area contributed by atoms with Crippen molar-refractivity contribution in [3.63, 3.8) is 0 Å². The zero-order valence-electron chi connectivity index (χ0n) is 7.73. The molecule has 3 heteroatoms. The monoisotopic (exact) mass is 170 g/mol. The van der Waals surface area contributed by atoms with Crippen LogP contribution in [0.4, 0.5) is 0 Å². The molecule has 12 heavy (non-hydrogen) atoms. The molecule has 0 heterocycles. The summed E-state index contributed by atoms with van der Waals surface area (Å²) in [7, 11) is 0. The van der Waals surface area contributed by atoms with E-state index < -0.39 is 0 Å². The molecule has 0 bridgehead atoms. The highest BCUT2D eigenvalue weighted by molar-refractivity contribution is 5.75. The zero-order valence-corrected chi connectivity index (χ0v) is 7.73. The van der Waals surface area contributed by atoms with Gasteiger partial charge >= 0.3 is 0 Å². The van der Waals surface area contributed by atoms with Crippen molar-refractivity contribution in [3.8, 4) is 0 Å². The molecule has 1 aliphatic carbocycles. The third-order valence-corrected chi connectivity index (χ3v) is 2.26. The number of carbonyl (C=O) groups is 1. The highest BCUT2D eigenvalue weighted by Gasteiger charge is 2.15. The predicted molar refractivity (Wildman–Crippen MR) is 48.9 cm³/mol. The number of carbonyl (C=O) groups excluding carboxylic acids is 1. The van der Waals surface area contributed by atoms with Gasteiger partial charge in [-0.25, -0.2) is 0 Å². The molecular formula is C9H18N2O. The second kappa shape index (κ2) is 5.14. The van der Waals surface area contributed by atoms with E-state index in [1.807, 2.05) is 6.92 Å². The van der Waals surface area contributed by atoms with Crippen LogP contribution < -0.4 is 10.6 Å². The van der Waals surface area contributed by atoms with Gasteiger partial charge in [-0.15, -0.1) is 0 Å². The van der Waals surface area contributed by atoms with Crippen LogP contribution in [0.25, 0.3) is 0 Å². The van der Waals surface area contributed by atoms with Crippen LogP contribution in [-0.4, -0.2) is 25.0 Å². The predicted octanol–water partition coefficient (Wildman–Crippen LogP) is 0.655. The number of hydrogen-bond acceptors (Lipinski definition) is 2. The molecule has 1 rings (SSSR count). The quantitative estimate of drug-likeness (QED) is 0.636. The van der Waals surface area contributed by atoms with Crippen LogP contribution >= 0.6 is 0 Å². The summed E-state index contributed by atoms with van der Waals surface area (Å²) in [4.78, 5) is 11.0. The molecule has 0 atom stereocenters. The van der Waals surface area contributed by atoms with Crippen LogP contribution in [0.5, 0.6) is 0 Å². The molecule has 2 N–H and O–H groups in total. The van der Waals surface area contributed by atoms with Gasteiger partial charge in [0.1, 0.15) is 0 Å². The molecule has 1 saturated carbocycles. The fourth-order valence-corrected chi connectivity index (χ4v) is 1.29. The van der Waals surface area contributed by atoms with Crippen LogP contribution in [-0.2, 0) is 4.79 Å². The van der Waals surface area contributed by atoms with Crippen LogP contribution in [0.15, 0.2) is 0 Å². The van der Waals surface area contributed by atoms with Gasteiger partial charge in [0.25, 0.3) is 0 Å². The molecule has 0 aromatic heterocycles. The van der Waals surface area contributed by atoms with Crippen molar-refractivity contribution in [2.45, 2.75) is 38.6 Å². The Morgan fingerprint density at radius 2 is 2.25 bits per heavy atom. The van der Waals surface area contributed by atoms with Gasteiger partial charge < -0.3 is 10.6 Å². The van der Waals surface area contributed by atoms with Gasteiger partial charge in [0.15, 0.2) is 0 Å². The van der Waals surface area contributed by atoms with Gasteiger partial charge in [-0.3, -0.25) is 4.79 Å². The van der Waals surface area contributed by atoms with Gasteiger partial charge in [0, 0.05) is 25.6 Å². The molecule has 1 fully saturated rings. The lowest BCUT2D eigenvalue weighted by Crippen LogP contribution is -2.37. The van der Waals surface area contributed by atoms with E-state index in [0.29, 0.717) is 12.5 Å². The molecule has 1 aliphatic rings. The van der Waals surface area contributed by atoms with Crippen LogP contribution in [0.2, 0.25) is 0 Å². The van der Waals surface area contributed by atoms with Crippen LogP contribution in [0, 0.1) is 0 Å². The van der Waals surface area contributed by atoms with Crippen molar-refractivity contribution in [2.24, 2.45) is 0 Å². The van der Waals surface area contributed by atoms with Gasteiger partial charge in [-0.05, 0) is 19.8 Å². The smallest absolute Gasteiger partial charge is 0.221 e. The van der Waals surface area contributed by atoms with Gasteiger partial charge in [-0.1, -0.05) is 6.42 Å². The van der Waals surface area contributed by atoms with E-state index in [4.69, 9.17) is 0 Å². The minimum atomic E-state index is 0.157. The molecule has 3 nitrogen and oxygen atoms in total. The van der Waals surface area contributed by atoms with Crippen molar-refractivity contribution in [2.75, 3.05) is 13.1 Å². The van der Waals surface area contributed by atoms with Crippen LogP contribution in [0.3, 0.4) is 0 Å². The van der Waals surface area contributed by atoms with Crippen molar-refractivity contribution in [3.05, 3.63) is 0 Å². The minimum Gasteiger partial charge on any atom is -0.356 e. The van der Waals surface area contributed by atoms with E-state index >= 15 is 0 Å². The van der Waals surface area contributed by atoms with Crippen molar-refractivity contribution in [1.29, 1.82) is 0 Å². The summed E-state index contributed by atoms with van der Waals surface area (Å²) in [5.74, 6) is 0.157. The Bertz CT molecular complexity index is 143. The van der Waals surface area contributed by atoms with E-state index in [0.717, 1.165) is 13.1 Å². The first kappa shape index (κ1) is 9.52. The zero-order chi connectivity index (χ0) is 8.81. The topological polar surface area (TPSA) is 41.1 Å². The molecule has 0 radical (unpaired) electrons. The van der Waals surface area contributed by atoms with Crippen LogP contribution in [0.1, 0.15) is 32.6 Å². The molecule has 0 saturated heterocycles. The standard InChI is InChI=1S/C9H18N2O/c1-2-10-9(12)6-7-11-8-4-3-5-8/h8,11H,2-7H2,1H3,(H,10,12). The number of rotatable bonds is 5. The van der Waals surface area contributed by atoms with E-state index in [-0.39, 0.29) is 5.91 Å². The van der Waals surface area contributed by atoms with E-state index in [1.54, 1.807) is 0 Å². The summed E-state index contributed by atoms with van der Waals surface area (Å²) in [5.41, 5.74) is 0. The molecule has 0 unspecified atom stereocenters. The molecule has 1 amide bonds. The Hall–Kier alpha value is -0.570. The summed E-state index contributed by atoms with van der Waals surface area (Å²) >= 11 is 0. The number of hydrogen-bond donors (Lipinski definition) is 2. The second-order valence-electron chi connectivity index (χ2n) is 3.29. The highest BCUT2D eigenvalue weighted by Crippen LogP contribution is 2.17. The van der Waals surface area contributed by atoms with Crippen molar-refractivity contribution < 1.29 is 4.79 Å². The maximum absolute atomic E-state index is 11.0. The van der Waals surface area contributed by atoms with E-state index in [9.17, 15) is 4.79 Å². The largest absolute Gasteiger partial charge is 0.356 e. The summed E-state index contributed by atoms with van der Waals surface area (Å²) in [6, 6.07) is 0.694. The number of amides is 1. The normalized spacial score (nSPS) is 17.1. The maximum atomic E-state index is 11.0. The Balaban J connectivity index is 1.90. The molecule has 70 valence electrons. The van der Waals surface area contributed by atoms with Gasteiger partial charge in [0.2, 0.25) is 5.91 Å². The molecule has 0 spiro atoms. The number of nitrogens with one attached hydrogen (secondary N) is 2. The first-order valence-corrected chi connectivity index (χ1v) is 4.83. The Morgan fingerprint density at radius 1 is 1.50 bits per heavy atom. The first-order valence-electron chi connectivity index (χ1n) is 4.83. The summed E-state index contributed by atoms with van der Waals surface area (Å²) in [6.07, 6.45) is 4.54. The van der Waals surface area contributed by atoms with Crippen molar-refractivity contribution >= 4 is 5.91 Å². The minimum absolute atomic E-state index is 0.157. The lowest BCUT2D eigenvalue weighted by atomic mass is 9.93. The summed E-state index contributed by atoms with van der Waals surface area (Å²) in [6.45, 7) is 3.51. The first-order chi connectivity index (χ1) is 5.83. The molecule has 0 aliphatic heterocycles. The van der Waals surface area contributed by atoms with Gasteiger partial charge in [-0.2, -0.15) is 0 Å². The highest BCUT2D eigenvalue weighted by atomic mass is 16.1. The third kappa shape index (κ3) is 3.22. The maximum Gasteiger partial charge on any atom is 0.221 e.